The van der Waals surface area contributed by atoms with Gasteiger partial charge in [0.1, 0.15) is 24.2 Å². The number of aliphatic carboxylic acids is 2. The Labute approximate surface area is 195 Å². The van der Waals surface area contributed by atoms with E-state index in [1.165, 1.54) is 0 Å². The molecule has 0 saturated carbocycles. The summed E-state index contributed by atoms with van der Waals surface area (Å²) in [6.45, 7) is 3.15. The highest BCUT2D eigenvalue weighted by Gasteiger charge is 2.33. The third-order valence-corrected chi connectivity index (χ3v) is 4.42. The number of carboxylic acids is 2. The van der Waals surface area contributed by atoms with E-state index in [1.54, 1.807) is 13.8 Å². The molecule has 0 aliphatic heterocycles. The summed E-state index contributed by atoms with van der Waals surface area (Å²) in [7, 11) is 0. The Balaban J connectivity index is 5.49. The van der Waals surface area contributed by atoms with E-state index in [-0.39, 0.29) is 12.3 Å². The molecule has 34 heavy (non-hydrogen) atoms. The zero-order valence-corrected chi connectivity index (χ0v) is 19.1. The number of nitrogens with one attached hydrogen (secondary N) is 4. The molecule has 15 nitrogen and oxygen atoms in total. The van der Waals surface area contributed by atoms with E-state index in [9.17, 15) is 44.1 Å². The van der Waals surface area contributed by atoms with Crippen molar-refractivity contribution in [2.45, 2.75) is 63.9 Å². The number of carbonyl (C=O) groups is 6. The summed E-state index contributed by atoms with van der Waals surface area (Å²) >= 11 is 0. The first-order chi connectivity index (χ1) is 15.7. The maximum Gasteiger partial charge on any atom is 0.326 e. The number of rotatable bonds is 15. The van der Waals surface area contributed by atoms with Gasteiger partial charge in [-0.05, 0) is 19.3 Å². The van der Waals surface area contributed by atoms with Crippen LogP contribution in [-0.4, -0.2) is 99.4 Å². The van der Waals surface area contributed by atoms with Crippen molar-refractivity contribution >= 4 is 35.6 Å². The molecule has 0 rings (SSSR count). The Morgan fingerprint density at radius 2 is 1.29 bits per heavy atom. The molecule has 15 heteroatoms. The van der Waals surface area contributed by atoms with Crippen molar-refractivity contribution in [1.82, 2.24) is 21.3 Å². The number of aliphatic hydroxyl groups excluding tert-OH is 2. The minimum atomic E-state index is -1.77. The summed E-state index contributed by atoms with van der Waals surface area (Å²) in [5.74, 6) is -7.06. The molecule has 0 radical (unpaired) electrons. The van der Waals surface area contributed by atoms with Gasteiger partial charge >= 0.3 is 11.9 Å². The molecule has 10 N–H and O–H groups in total. The molecular formula is C19H33N5O10. The Bertz CT molecular complexity index is 758. The lowest BCUT2D eigenvalue weighted by atomic mass is 10.0. The molecule has 0 aliphatic carbocycles. The third-order valence-electron chi connectivity index (χ3n) is 4.42. The van der Waals surface area contributed by atoms with Crippen molar-refractivity contribution in [3.05, 3.63) is 0 Å². The normalized spacial score (nSPS) is 15.3. The first-order valence-electron chi connectivity index (χ1n) is 10.4. The van der Waals surface area contributed by atoms with E-state index >= 15 is 0 Å². The largest absolute Gasteiger partial charge is 0.481 e. The highest BCUT2D eigenvalue weighted by molar-refractivity contribution is 5.96. The molecule has 0 aromatic rings. The zero-order chi connectivity index (χ0) is 26.6. The van der Waals surface area contributed by atoms with Crippen LogP contribution in [0.2, 0.25) is 0 Å². The second kappa shape index (κ2) is 14.8. The van der Waals surface area contributed by atoms with Crippen LogP contribution in [0, 0.1) is 5.92 Å². The number of amides is 4. The molecule has 4 amide bonds. The van der Waals surface area contributed by atoms with Crippen LogP contribution in [0.15, 0.2) is 0 Å². The number of carboxylic acid groups (broad SMARTS) is 2. The van der Waals surface area contributed by atoms with Gasteiger partial charge in [0.25, 0.3) is 0 Å². The molecular weight excluding hydrogens is 458 g/mol. The summed E-state index contributed by atoms with van der Waals surface area (Å²) in [5, 5.41) is 46.0. The lowest BCUT2D eigenvalue weighted by molar-refractivity contribution is -0.144. The smallest absolute Gasteiger partial charge is 0.326 e. The van der Waals surface area contributed by atoms with Crippen LogP contribution in [0.1, 0.15) is 33.6 Å². The SMILES string of the molecule is CC(C)C[C@H](NC(=O)[C@H](CO)NC(=O)[C@H](CC(=O)O)NC(=O)[C@@H](NC(=O)CN)[C@@H](C)O)C(=O)O. The lowest BCUT2D eigenvalue weighted by Crippen LogP contribution is -2.60. The van der Waals surface area contributed by atoms with Gasteiger partial charge < -0.3 is 47.4 Å². The Kier molecular flexibility index (Phi) is 13.3. The van der Waals surface area contributed by atoms with Crippen LogP contribution in [0.3, 0.4) is 0 Å². The van der Waals surface area contributed by atoms with Crippen molar-refractivity contribution in [3.8, 4) is 0 Å². The van der Waals surface area contributed by atoms with Crippen LogP contribution in [-0.2, 0) is 28.8 Å². The van der Waals surface area contributed by atoms with Gasteiger partial charge in [-0.25, -0.2) is 4.79 Å². The summed E-state index contributed by atoms with van der Waals surface area (Å²) in [6, 6.07) is -6.29. The molecule has 0 bridgehead atoms. The number of carbonyl (C=O) groups excluding carboxylic acids is 4. The summed E-state index contributed by atoms with van der Waals surface area (Å²) in [5.41, 5.74) is 5.15. The quantitative estimate of drug-likeness (QED) is 0.106. The average Bonchev–Trinajstić information content (AvgIpc) is 2.73. The fourth-order valence-corrected chi connectivity index (χ4v) is 2.71. The highest BCUT2D eigenvalue weighted by Crippen LogP contribution is 2.06. The van der Waals surface area contributed by atoms with Crippen molar-refractivity contribution < 1.29 is 49.2 Å². The van der Waals surface area contributed by atoms with Crippen molar-refractivity contribution in [2.24, 2.45) is 11.7 Å². The maximum atomic E-state index is 12.6. The van der Waals surface area contributed by atoms with E-state index < -0.39 is 85.4 Å². The molecule has 0 aromatic heterocycles. The number of nitrogens with two attached hydrogens (primary N) is 1. The van der Waals surface area contributed by atoms with Gasteiger partial charge in [0, 0.05) is 0 Å². The topological polar surface area (TPSA) is 257 Å². The van der Waals surface area contributed by atoms with Crippen LogP contribution in [0.4, 0.5) is 0 Å². The molecule has 0 unspecified atom stereocenters. The Morgan fingerprint density at radius 3 is 1.71 bits per heavy atom. The minimum Gasteiger partial charge on any atom is -0.481 e. The Hall–Kier alpha value is -3.30. The second-order valence-electron chi connectivity index (χ2n) is 7.92. The van der Waals surface area contributed by atoms with Crippen LogP contribution >= 0.6 is 0 Å². The minimum absolute atomic E-state index is 0.0696. The van der Waals surface area contributed by atoms with Gasteiger partial charge in [-0.3, -0.25) is 24.0 Å². The molecule has 0 spiro atoms. The molecule has 5 atom stereocenters. The van der Waals surface area contributed by atoms with Crippen molar-refractivity contribution in [3.63, 3.8) is 0 Å². The van der Waals surface area contributed by atoms with Gasteiger partial charge in [0.05, 0.1) is 25.7 Å². The second-order valence-corrected chi connectivity index (χ2v) is 7.92. The van der Waals surface area contributed by atoms with E-state index in [1.807, 2.05) is 0 Å². The fraction of sp³-hybridized carbons (Fsp3) is 0.684. The maximum absolute atomic E-state index is 12.6. The van der Waals surface area contributed by atoms with E-state index in [0.29, 0.717) is 0 Å². The highest BCUT2D eigenvalue weighted by atomic mass is 16.4. The monoisotopic (exact) mass is 491 g/mol. The fourth-order valence-electron chi connectivity index (χ4n) is 2.71. The van der Waals surface area contributed by atoms with Crippen LogP contribution in [0.5, 0.6) is 0 Å². The van der Waals surface area contributed by atoms with E-state index in [0.717, 1.165) is 6.92 Å². The predicted octanol–water partition coefficient (Wildman–Crippen LogP) is -4.14. The molecule has 0 aromatic carbocycles. The van der Waals surface area contributed by atoms with Crippen molar-refractivity contribution in [2.75, 3.05) is 13.2 Å². The van der Waals surface area contributed by atoms with Gasteiger partial charge in [-0.1, -0.05) is 13.8 Å². The van der Waals surface area contributed by atoms with Gasteiger partial charge in [0.15, 0.2) is 0 Å². The average molecular weight is 491 g/mol. The standard InChI is InChI=1S/C19H33N5O10/c1-8(2)4-11(19(33)34)22-17(31)12(7-25)23-16(30)10(5-14(28)29)21-18(32)15(9(3)26)24-13(27)6-20/h8-12,15,25-26H,4-7,20H2,1-3H3,(H,21,32)(H,22,31)(H,23,30)(H,24,27)(H,28,29)(H,33,34)/t9-,10+,11+,12+,15+/m1/s1. The molecule has 194 valence electrons. The third kappa shape index (κ3) is 11.0. The van der Waals surface area contributed by atoms with Gasteiger partial charge in [-0.15, -0.1) is 0 Å². The van der Waals surface area contributed by atoms with Gasteiger partial charge in [-0.2, -0.15) is 0 Å². The van der Waals surface area contributed by atoms with Crippen molar-refractivity contribution in [1.29, 1.82) is 0 Å². The Morgan fingerprint density at radius 1 is 0.794 bits per heavy atom. The summed E-state index contributed by atoms with van der Waals surface area (Å²) in [4.78, 5) is 71.4. The summed E-state index contributed by atoms with van der Waals surface area (Å²) in [6.07, 6.45) is -2.31. The van der Waals surface area contributed by atoms with Gasteiger partial charge in [0.2, 0.25) is 23.6 Å². The van der Waals surface area contributed by atoms with Crippen LogP contribution in [0.25, 0.3) is 0 Å². The predicted molar refractivity (Wildman–Crippen MR) is 115 cm³/mol. The number of hydrogen-bond acceptors (Lipinski definition) is 9. The zero-order valence-electron chi connectivity index (χ0n) is 19.1. The molecule has 0 aliphatic rings. The lowest BCUT2D eigenvalue weighted by Gasteiger charge is -2.25. The number of aliphatic hydroxyl groups is 2. The van der Waals surface area contributed by atoms with Crippen LogP contribution < -0.4 is 27.0 Å². The van der Waals surface area contributed by atoms with E-state index in [4.69, 9.17) is 10.8 Å². The molecule has 0 heterocycles. The number of hydrogen-bond donors (Lipinski definition) is 9. The molecule has 0 saturated heterocycles. The first-order valence-corrected chi connectivity index (χ1v) is 10.4. The molecule has 0 fully saturated rings. The first kappa shape index (κ1) is 30.7. The van der Waals surface area contributed by atoms with E-state index in [2.05, 4.69) is 21.3 Å². The summed E-state index contributed by atoms with van der Waals surface area (Å²) < 4.78 is 0.